The van der Waals surface area contributed by atoms with Gasteiger partial charge in [-0.15, -0.1) is 12.4 Å². The molecule has 23 heavy (non-hydrogen) atoms. The summed E-state index contributed by atoms with van der Waals surface area (Å²) < 4.78 is 26.0. The lowest BCUT2D eigenvalue weighted by atomic mass is 9.98. The van der Waals surface area contributed by atoms with Gasteiger partial charge >= 0.3 is 6.03 Å². The first kappa shape index (κ1) is 21.1. The number of urea groups is 1. The molecule has 0 spiro atoms. The van der Waals surface area contributed by atoms with Gasteiger partial charge in [-0.25, -0.2) is 13.6 Å². The molecule has 3 amide bonds. The molecule has 1 rings (SSSR count). The molecule has 6 N–H and O–H groups in total. The van der Waals surface area contributed by atoms with Crippen LogP contribution in [0.5, 0.6) is 0 Å². The maximum Gasteiger partial charge on any atom is 0.312 e. The van der Waals surface area contributed by atoms with Gasteiger partial charge in [-0.2, -0.15) is 0 Å². The second-order valence-corrected chi connectivity index (χ2v) is 4.96. The highest BCUT2D eigenvalue weighted by Gasteiger charge is 2.28. The third-order valence-electron chi connectivity index (χ3n) is 3.11. The van der Waals surface area contributed by atoms with Crippen LogP contribution in [0, 0.1) is 6.92 Å². The Morgan fingerprint density at radius 3 is 2.43 bits per heavy atom. The van der Waals surface area contributed by atoms with Gasteiger partial charge < -0.3 is 22.1 Å². The second-order valence-electron chi connectivity index (χ2n) is 4.96. The zero-order valence-electron chi connectivity index (χ0n) is 12.6. The minimum absolute atomic E-state index is 0. The third-order valence-corrected chi connectivity index (χ3v) is 3.11. The lowest BCUT2D eigenvalue weighted by Gasteiger charge is -2.20. The van der Waals surface area contributed by atoms with Crippen molar-refractivity contribution in [1.29, 1.82) is 0 Å². The summed E-state index contributed by atoms with van der Waals surface area (Å²) in [4.78, 5) is 22.9. The average Bonchev–Trinajstić information content (AvgIpc) is 2.45. The zero-order chi connectivity index (χ0) is 16.8. The Labute approximate surface area is 139 Å². The SMILES string of the molecule is Cc1ccccc1C(CC(=O)NCC(F)(F)CN)NC(N)=O.Cl. The number of hydrogen-bond donors (Lipinski definition) is 4. The van der Waals surface area contributed by atoms with Gasteiger partial charge in [0.05, 0.1) is 25.6 Å². The van der Waals surface area contributed by atoms with E-state index in [4.69, 9.17) is 11.5 Å². The van der Waals surface area contributed by atoms with Gasteiger partial charge in [-0.3, -0.25) is 4.79 Å². The molecule has 1 aromatic rings. The smallest absolute Gasteiger partial charge is 0.312 e. The number of aryl methyl sites for hydroxylation is 1. The van der Waals surface area contributed by atoms with E-state index in [1.807, 2.05) is 19.1 Å². The Morgan fingerprint density at radius 1 is 1.30 bits per heavy atom. The van der Waals surface area contributed by atoms with Gasteiger partial charge in [0.1, 0.15) is 0 Å². The summed E-state index contributed by atoms with van der Waals surface area (Å²) >= 11 is 0. The largest absolute Gasteiger partial charge is 0.352 e. The summed E-state index contributed by atoms with van der Waals surface area (Å²) in [7, 11) is 0. The van der Waals surface area contributed by atoms with Gasteiger partial charge in [0, 0.05) is 0 Å². The number of carbonyl (C=O) groups excluding carboxylic acids is 2. The monoisotopic (exact) mass is 350 g/mol. The van der Waals surface area contributed by atoms with Gasteiger partial charge in [-0.05, 0) is 18.1 Å². The highest BCUT2D eigenvalue weighted by atomic mass is 35.5. The van der Waals surface area contributed by atoms with Crippen LogP contribution in [0.3, 0.4) is 0 Å². The predicted octanol–water partition coefficient (Wildman–Crippen LogP) is 1.23. The van der Waals surface area contributed by atoms with Crippen molar-refractivity contribution in [1.82, 2.24) is 10.6 Å². The van der Waals surface area contributed by atoms with E-state index in [1.165, 1.54) is 0 Å². The van der Waals surface area contributed by atoms with Crippen molar-refractivity contribution in [3.63, 3.8) is 0 Å². The van der Waals surface area contributed by atoms with Gasteiger partial charge in [0.15, 0.2) is 0 Å². The molecular weight excluding hydrogens is 330 g/mol. The minimum atomic E-state index is -3.16. The van der Waals surface area contributed by atoms with E-state index in [0.29, 0.717) is 5.56 Å². The maximum absolute atomic E-state index is 13.0. The summed E-state index contributed by atoms with van der Waals surface area (Å²) in [6.45, 7) is 0.110. The molecular formula is C14H21ClF2N4O2. The molecule has 0 saturated heterocycles. The molecule has 1 unspecified atom stereocenters. The van der Waals surface area contributed by atoms with E-state index >= 15 is 0 Å². The van der Waals surface area contributed by atoms with Crippen molar-refractivity contribution in [3.8, 4) is 0 Å². The first-order valence-electron chi connectivity index (χ1n) is 6.71. The fraction of sp³-hybridized carbons (Fsp3) is 0.429. The Hall–Kier alpha value is -1.93. The molecule has 0 aliphatic heterocycles. The molecule has 0 radical (unpaired) electrons. The number of nitrogens with two attached hydrogens (primary N) is 2. The number of primary amides is 1. The molecule has 0 aliphatic carbocycles. The van der Waals surface area contributed by atoms with E-state index in [9.17, 15) is 18.4 Å². The highest BCUT2D eigenvalue weighted by molar-refractivity contribution is 5.85. The van der Waals surface area contributed by atoms with Crippen molar-refractivity contribution in [3.05, 3.63) is 35.4 Å². The molecule has 130 valence electrons. The van der Waals surface area contributed by atoms with Crippen molar-refractivity contribution in [2.45, 2.75) is 25.3 Å². The number of rotatable bonds is 7. The van der Waals surface area contributed by atoms with Crippen LogP contribution in [-0.2, 0) is 4.79 Å². The van der Waals surface area contributed by atoms with Gasteiger partial charge in [0.2, 0.25) is 5.91 Å². The van der Waals surface area contributed by atoms with Crippen LogP contribution in [0.2, 0.25) is 0 Å². The van der Waals surface area contributed by atoms with E-state index in [0.717, 1.165) is 5.56 Å². The standard InChI is InChI=1S/C14H20F2N4O2.ClH/c1-9-4-2-3-5-10(9)11(20-13(18)22)6-12(21)19-8-14(15,16)7-17;/h2-5,11H,6-8,17H2,1H3,(H,19,21)(H3,18,20,22);1H. The summed E-state index contributed by atoms with van der Waals surface area (Å²) in [5.41, 5.74) is 11.5. The van der Waals surface area contributed by atoms with Crippen LogP contribution in [0.15, 0.2) is 24.3 Å². The first-order valence-corrected chi connectivity index (χ1v) is 6.71. The summed E-state index contributed by atoms with van der Waals surface area (Å²) in [6.07, 6.45) is -0.200. The van der Waals surface area contributed by atoms with E-state index in [2.05, 4.69) is 10.6 Å². The average molecular weight is 351 g/mol. The molecule has 0 bridgehead atoms. The van der Waals surface area contributed by atoms with Crippen LogP contribution in [0.25, 0.3) is 0 Å². The van der Waals surface area contributed by atoms with Crippen LogP contribution < -0.4 is 22.1 Å². The lowest BCUT2D eigenvalue weighted by molar-refractivity contribution is -0.123. The fourth-order valence-corrected chi connectivity index (χ4v) is 1.95. The van der Waals surface area contributed by atoms with E-state index in [-0.39, 0.29) is 18.8 Å². The Kier molecular flexibility index (Phi) is 8.49. The third kappa shape index (κ3) is 7.25. The first-order chi connectivity index (χ1) is 10.2. The van der Waals surface area contributed by atoms with E-state index in [1.54, 1.807) is 12.1 Å². The molecule has 0 saturated carbocycles. The maximum atomic E-state index is 13.0. The number of halogens is 3. The van der Waals surface area contributed by atoms with Crippen molar-refractivity contribution in [2.75, 3.05) is 13.1 Å². The molecule has 0 heterocycles. The molecule has 0 aliphatic rings. The van der Waals surface area contributed by atoms with Crippen LogP contribution in [-0.4, -0.2) is 31.0 Å². The molecule has 6 nitrogen and oxygen atoms in total. The van der Waals surface area contributed by atoms with E-state index < -0.39 is 37.0 Å². The molecule has 9 heteroatoms. The second kappa shape index (κ2) is 9.26. The molecule has 1 atom stereocenters. The number of nitrogens with one attached hydrogen (secondary N) is 2. The number of alkyl halides is 2. The van der Waals surface area contributed by atoms with Crippen LogP contribution >= 0.6 is 12.4 Å². The fourth-order valence-electron chi connectivity index (χ4n) is 1.95. The minimum Gasteiger partial charge on any atom is -0.352 e. The summed E-state index contributed by atoms with van der Waals surface area (Å²) in [5.74, 6) is -3.79. The van der Waals surface area contributed by atoms with Crippen molar-refractivity contribution in [2.24, 2.45) is 11.5 Å². The number of hydrogen-bond acceptors (Lipinski definition) is 3. The Bertz CT molecular complexity index is 543. The summed E-state index contributed by atoms with van der Waals surface area (Å²) in [5, 5.41) is 4.55. The van der Waals surface area contributed by atoms with Crippen molar-refractivity contribution >= 4 is 24.3 Å². The number of carbonyl (C=O) groups is 2. The topological polar surface area (TPSA) is 110 Å². The Morgan fingerprint density at radius 2 is 1.91 bits per heavy atom. The number of amides is 3. The van der Waals surface area contributed by atoms with Crippen LogP contribution in [0.1, 0.15) is 23.6 Å². The zero-order valence-corrected chi connectivity index (χ0v) is 13.5. The quantitative estimate of drug-likeness (QED) is 0.593. The summed E-state index contributed by atoms with van der Waals surface area (Å²) in [6, 6.07) is 5.61. The highest BCUT2D eigenvalue weighted by Crippen LogP contribution is 2.20. The number of benzene rings is 1. The molecule has 0 aromatic heterocycles. The van der Waals surface area contributed by atoms with Gasteiger partial charge in [-0.1, -0.05) is 24.3 Å². The molecule has 0 fully saturated rings. The van der Waals surface area contributed by atoms with Crippen LogP contribution in [0.4, 0.5) is 13.6 Å². The van der Waals surface area contributed by atoms with Crippen molar-refractivity contribution < 1.29 is 18.4 Å². The molecule has 1 aromatic carbocycles. The van der Waals surface area contributed by atoms with Gasteiger partial charge in [0.25, 0.3) is 5.92 Å². The normalized spacial score (nSPS) is 12.0. The Balaban J connectivity index is 0.00000484. The lowest BCUT2D eigenvalue weighted by Crippen LogP contribution is -2.43. The predicted molar refractivity (Wildman–Crippen MR) is 85.5 cm³/mol.